The van der Waals surface area contributed by atoms with Gasteiger partial charge in [-0.2, -0.15) is 0 Å². The number of aryl methyl sites for hydroxylation is 1. The summed E-state index contributed by atoms with van der Waals surface area (Å²) in [5.74, 6) is 0.956. The number of hydrogen-bond donors (Lipinski definition) is 2. The predicted molar refractivity (Wildman–Crippen MR) is 101 cm³/mol. The third-order valence-electron chi connectivity index (χ3n) is 4.36. The highest BCUT2D eigenvalue weighted by Crippen LogP contribution is 2.35. The van der Waals surface area contributed by atoms with Gasteiger partial charge in [0, 0.05) is 37.1 Å². The number of pyridine rings is 3. The fourth-order valence-electron chi connectivity index (χ4n) is 3.06. The van der Waals surface area contributed by atoms with Gasteiger partial charge in [0.05, 0.1) is 11.4 Å². The van der Waals surface area contributed by atoms with E-state index < -0.39 is 0 Å². The molecular weight excluding hydrogens is 324 g/mol. The Kier molecular flexibility index (Phi) is 4.19. The highest BCUT2D eigenvalue weighted by Gasteiger charge is 2.22. The molecule has 4 rings (SSSR count). The second kappa shape index (κ2) is 6.80. The highest BCUT2D eigenvalue weighted by atomic mass is 16.3. The summed E-state index contributed by atoms with van der Waals surface area (Å²) in [6.45, 7) is 1.97. The molecule has 0 amide bonds. The number of aromatic hydroxyl groups is 1. The number of H-pyrrole nitrogens is 1. The van der Waals surface area contributed by atoms with Crippen molar-refractivity contribution in [3.63, 3.8) is 0 Å². The van der Waals surface area contributed by atoms with Crippen LogP contribution in [0, 0.1) is 6.92 Å². The number of aromatic nitrogens is 3. The second-order valence-electron chi connectivity index (χ2n) is 6.19. The number of phenols is 1. The first-order chi connectivity index (χ1) is 12.7. The molecule has 5 heteroatoms. The van der Waals surface area contributed by atoms with Crippen molar-refractivity contribution in [1.29, 1.82) is 0 Å². The first kappa shape index (κ1) is 16.0. The van der Waals surface area contributed by atoms with Crippen LogP contribution in [0.2, 0.25) is 0 Å². The lowest BCUT2D eigenvalue weighted by Gasteiger charge is -2.20. The third kappa shape index (κ3) is 3.07. The van der Waals surface area contributed by atoms with E-state index in [0.717, 1.165) is 33.5 Å². The Balaban J connectivity index is 1.86. The molecule has 3 N–H and O–H groups in total. The van der Waals surface area contributed by atoms with Crippen LogP contribution in [0.25, 0.3) is 10.9 Å². The van der Waals surface area contributed by atoms with Crippen LogP contribution < -0.4 is 10.3 Å². The Bertz CT molecular complexity index is 1040. The number of hydrogen-bond acceptors (Lipinski definition) is 4. The zero-order chi connectivity index (χ0) is 17.9. The van der Waals surface area contributed by atoms with Gasteiger partial charge in [-0.3, -0.25) is 4.98 Å². The summed E-state index contributed by atoms with van der Waals surface area (Å²) in [4.78, 5) is 11.8. The summed E-state index contributed by atoms with van der Waals surface area (Å²) in [5.41, 5.74) is 3.42. The number of phenolic OH excluding ortho intramolecular Hbond substituents is 1. The van der Waals surface area contributed by atoms with Crippen LogP contribution in [-0.2, 0) is 0 Å². The fraction of sp³-hybridized carbons (Fsp3) is 0.0952. The molecular formula is C21H19N4O+. The molecule has 0 aliphatic heterocycles. The highest BCUT2D eigenvalue weighted by molar-refractivity contribution is 5.83. The molecule has 1 unspecified atom stereocenters. The van der Waals surface area contributed by atoms with Gasteiger partial charge in [0.1, 0.15) is 5.82 Å². The number of fused-ring (bicyclic) bond motifs is 1. The zero-order valence-corrected chi connectivity index (χ0v) is 14.3. The summed E-state index contributed by atoms with van der Waals surface area (Å²) < 4.78 is 0. The van der Waals surface area contributed by atoms with Gasteiger partial charge in [-0.05, 0) is 35.9 Å². The topological polar surface area (TPSA) is 72.2 Å². The quantitative estimate of drug-likeness (QED) is 0.593. The van der Waals surface area contributed by atoms with E-state index in [2.05, 4.69) is 20.3 Å². The van der Waals surface area contributed by atoms with Gasteiger partial charge in [-0.25, -0.2) is 9.97 Å². The molecule has 0 bridgehead atoms. The third-order valence-corrected chi connectivity index (χ3v) is 4.36. The normalized spacial score (nSPS) is 12.0. The lowest BCUT2D eigenvalue weighted by Crippen LogP contribution is -2.15. The minimum Gasteiger partial charge on any atom is -0.502 e. The standard InChI is InChI=1S/C21H18N4O/c1-14-7-8-15-9-10-17(21(26)20(15)24-14)19(16-5-4-11-22-13-16)25-18-6-2-3-12-23-18/h2-13,19,26H,1H3,(H,23,25)/p+1. The van der Waals surface area contributed by atoms with Crippen LogP contribution in [0.5, 0.6) is 5.75 Å². The van der Waals surface area contributed by atoms with Gasteiger partial charge >= 0.3 is 0 Å². The molecule has 0 saturated carbocycles. The van der Waals surface area contributed by atoms with E-state index >= 15 is 0 Å². The molecule has 0 fully saturated rings. The SMILES string of the molecule is Cc1ccc2ccc(C(Nc3ccccn3)c3cccnc3)c(O)c2[nH+]1. The van der Waals surface area contributed by atoms with Crippen LogP contribution in [0.3, 0.4) is 0 Å². The number of aromatic amines is 1. The van der Waals surface area contributed by atoms with E-state index in [1.165, 1.54) is 0 Å². The number of nitrogens with one attached hydrogen (secondary N) is 2. The zero-order valence-electron chi connectivity index (χ0n) is 14.3. The average Bonchev–Trinajstić information content (AvgIpc) is 2.69. The summed E-state index contributed by atoms with van der Waals surface area (Å²) in [5, 5.41) is 15.3. The molecule has 5 nitrogen and oxygen atoms in total. The maximum absolute atomic E-state index is 11.0. The first-order valence-corrected chi connectivity index (χ1v) is 8.44. The van der Waals surface area contributed by atoms with E-state index in [0.29, 0.717) is 0 Å². The van der Waals surface area contributed by atoms with Crippen molar-refractivity contribution in [2.45, 2.75) is 13.0 Å². The molecule has 128 valence electrons. The van der Waals surface area contributed by atoms with Crippen LogP contribution in [0.15, 0.2) is 73.2 Å². The minimum atomic E-state index is -0.281. The van der Waals surface area contributed by atoms with Crippen LogP contribution in [-0.4, -0.2) is 15.1 Å². The number of anilines is 1. The molecule has 4 aromatic rings. The molecule has 26 heavy (non-hydrogen) atoms. The summed E-state index contributed by atoms with van der Waals surface area (Å²) >= 11 is 0. The molecule has 1 aromatic carbocycles. The maximum Gasteiger partial charge on any atom is 0.253 e. The van der Waals surface area contributed by atoms with Crippen molar-refractivity contribution in [2.24, 2.45) is 0 Å². The molecule has 0 aliphatic rings. The number of benzene rings is 1. The Hall–Kier alpha value is -3.47. The average molecular weight is 343 g/mol. The Morgan fingerprint density at radius 1 is 1.00 bits per heavy atom. The number of nitrogens with zero attached hydrogens (tertiary/aromatic N) is 2. The van der Waals surface area contributed by atoms with E-state index in [1.54, 1.807) is 18.6 Å². The van der Waals surface area contributed by atoms with Crippen molar-refractivity contribution in [3.05, 3.63) is 90.0 Å². The van der Waals surface area contributed by atoms with Gasteiger partial charge in [0.2, 0.25) is 0 Å². The Morgan fingerprint density at radius 3 is 2.65 bits per heavy atom. The van der Waals surface area contributed by atoms with Crippen molar-refractivity contribution < 1.29 is 10.1 Å². The molecule has 0 aliphatic carbocycles. The smallest absolute Gasteiger partial charge is 0.253 e. The first-order valence-electron chi connectivity index (χ1n) is 8.44. The molecule has 3 aromatic heterocycles. The van der Waals surface area contributed by atoms with Gasteiger partial charge in [-0.1, -0.05) is 18.2 Å². The van der Waals surface area contributed by atoms with Gasteiger partial charge in [-0.15, -0.1) is 0 Å². The van der Waals surface area contributed by atoms with Gasteiger partial charge < -0.3 is 10.4 Å². The molecule has 0 saturated heterocycles. The second-order valence-corrected chi connectivity index (χ2v) is 6.19. The van der Waals surface area contributed by atoms with Crippen LogP contribution in [0.4, 0.5) is 5.82 Å². The summed E-state index contributed by atoms with van der Waals surface area (Å²) in [6.07, 6.45) is 5.27. The molecule has 0 radical (unpaired) electrons. The van der Waals surface area contributed by atoms with Crippen molar-refractivity contribution in [2.75, 3.05) is 5.32 Å². The van der Waals surface area contributed by atoms with Crippen LogP contribution >= 0.6 is 0 Å². The van der Waals surface area contributed by atoms with Gasteiger partial charge in [0.15, 0.2) is 11.4 Å². The lowest BCUT2D eigenvalue weighted by atomic mass is 9.97. The molecule has 1 atom stereocenters. The van der Waals surface area contributed by atoms with Crippen LogP contribution in [0.1, 0.15) is 22.9 Å². The van der Waals surface area contributed by atoms with Crippen molar-refractivity contribution in [1.82, 2.24) is 9.97 Å². The van der Waals surface area contributed by atoms with E-state index in [-0.39, 0.29) is 11.8 Å². The largest absolute Gasteiger partial charge is 0.502 e. The maximum atomic E-state index is 11.0. The Labute approximate surface area is 151 Å². The van der Waals surface area contributed by atoms with Crippen molar-refractivity contribution >= 4 is 16.7 Å². The van der Waals surface area contributed by atoms with Crippen molar-refractivity contribution in [3.8, 4) is 5.75 Å². The monoisotopic (exact) mass is 343 g/mol. The number of rotatable bonds is 4. The van der Waals surface area contributed by atoms with E-state index in [9.17, 15) is 5.11 Å². The summed E-state index contributed by atoms with van der Waals surface area (Å²) in [7, 11) is 0. The van der Waals surface area contributed by atoms with Gasteiger partial charge in [0.25, 0.3) is 5.52 Å². The molecule has 3 heterocycles. The molecule has 0 spiro atoms. The predicted octanol–water partition coefficient (Wildman–Crippen LogP) is 3.66. The Morgan fingerprint density at radius 2 is 1.88 bits per heavy atom. The van der Waals surface area contributed by atoms with E-state index in [4.69, 9.17) is 0 Å². The summed E-state index contributed by atoms with van der Waals surface area (Å²) in [6, 6.07) is 17.2. The van der Waals surface area contributed by atoms with E-state index in [1.807, 2.05) is 61.5 Å². The minimum absolute atomic E-state index is 0.225. The fourth-order valence-corrected chi connectivity index (χ4v) is 3.06. The lowest BCUT2D eigenvalue weighted by molar-refractivity contribution is -0.355.